The Morgan fingerprint density at radius 1 is 0.796 bits per heavy atom. The van der Waals surface area contributed by atoms with Gasteiger partial charge in [-0.3, -0.25) is 29.6 Å². The number of piperidine rings is 1. The Balaban J connectivity index is 0.916. The van der Waals surface area contributed by atoms with Crippen LogP contribution in [0.4, 0.5) is 16.3 Å². The lowest BCUT2D eigenvalue weighted by molar-refractivity contribution is -0.120. The predicted octanol–water partition coefficient (Wildman–Crippen LogP) is 4.87. The number of primary amides is 1. The topological polar surface area (TPSA) is 124 Å². The van der Waals surface area contributed by atoms with Crippen LogP contribution >= 0.6 is 0 Å². The maximum Gasteiger partial charge on any atom is 0.328 e. The number of ether oxygens (including phenoxy) is 1. The smallest absolute Gasteiger partial charge is 0.328 e. The number of carbonyl (C=O) groups excluding carboxylic acids is 3. The summed E-state index contributed by atoms with van der Waals surface area (Å²) in [5, 5.41) is 2.38. The number of hydrogen-bond acceptors (Lipinski definition) is 8. The first-order chi connectivity index (χ1) is 23.9. The summed E-state index contributed by atoms with van der Waals surface area (Å²) in [6.45, 7) is 7.15. The van der Waals surface area contributed by atoms with E-state index in [1.807, 2.05) is 72.8 Å². The summed E-state index contributed by atoms with van der Waals surface area (Å²) in [5.74, 6) is 1.59. The van der Waals surface area contributed by atoms with Crippen molar-refractivity contribution in [2.24, 2.45) is 5.73 Å². The van der Waals surface area contributed by atoms with Crippen LogP contribution in [0.5, 0.6) is 11.5 Å². The minimum Gasteiger partial charge on any atom is -0.457 e. The molecule has 4 heterocycles. The Hall–Kier alpha value is -5.26. The first kappa shape index (κ1) is 32.3. The largest absolute Gasteiger partial charge is 0.457 e. The van der Waals surface area contributed by atoms with Crippen LogP contribution in [0.2, 0.25) is 0 Å². The van der Waals surface area contributed by atoms with E-state index in [1.165, 1.54) is 5.56 Å². The molecule has 11 nitrogen and oxygen atoms in total. The van der Waals surface area contributed by atoms with Crippen LogP contribution in [-0.2, 0) is 11.3 Å². The average molecular weight is 660 g/mol. The molecule has 3 aliphatic heterocycles. The zero-order valence-corrected chi connectivity index (χ0v) is 27.5. The Bertz CT molecular complexity index is 1780. The number of carbonyl (C=O) groups is 3. The zero-order chi connectivity index (χ0) is 33.7. The van der Waals surface area contributed by atoms with Crippen LogP contribution in [-0.4, -0.2) is 84.5 Å². The van der Waals surface area contributed by atoms with Gasteiger partial charge in [-0.15, -0.1) is 0 Å². The number of benzene rings is 3. The summed E-state index contributed by atoms with van der Waals surface area (Å²) in [6.07, 6.45) is 2.43. The third kappa shape index (κ3) is 7.58. The molecule has 11 heteroatoms. The molecule has 252 valence electrons. The first-order valence-electron chi connectivity index (χ1n) is 17.0. The molecule has 0 atom stereocenters. The molecule has 1 aromatic heterocycles. The van der Waals surface area contributed by atoms with E-state index in [4.69, 9.17) is 15.5 Å². The monoisotopic (exact) mass is 659 g/mol. The van der Waals surface area contributed by atoms with Gasteiger partial charge >= 0.3 is 6.03 Å². The molecule has 0 aliphatic carbocycles. The van der Waals surface area contributed by atoms with Crippen molar-refractivity contribution in [1.82, 2.24) is 20.1 Å². The second kappa shape index (κ2) is 14.5. The molecule has 3 fully saturated rings. The zero-order valence-electron chi connectivity index (χ0n) is 27.5. The molecule has 0 saturated carbocycles. The molecule has 4 amide bonds. The van der Waals surface area contributed by atoms with Crippen molar-refractivity contribution in [1.29, 1.82) is 0 Å². The Morgan fingerprint density at radius 2 is 1.49 bits per heavy atom. The van der Waals surface area contributed by atoms with Crippen LogP contribution in [0.25, 0.3) is 11.3 Å². The van der Waals surface area contributed by atoms with E-state index in [0.717, 1.165) is 81.5 Å². The number of nitrogens with one attached hydrogen (secondary N) is 1. The Kier molecular flexibility index (Phi) is 9.54. The molecule has 0 unspecified atom stereocenters. The van der Waals surface area contributed by atoms with Gasteiger partial charge in [-0.25, -0.2) is 9.78 Å². The molecule has 7 rings (SSSR count). The number of pyridine rings is 1. The molecule has 3 N–H and O–H groups in total. The SMILES string of the molecule is NC(=O)c1ccc(N2CCC(N3CCN(Cc4ccc(N5CCC(=O)NC5=O)cc4)CC3)CC2)nc1-c1ccc(Oc2ccccc2)cc1. The third-order valence-corrected chi connectivity index (χ3v) is 9.67. The van der Waals surface area contributed by atoms with Gasteiger partial charge in [-0.1, -0.05) is 30.3 Å². The van der Waals surface area contributed by atoms with Crippen LogP contribution < -0.4 is 25.6 Å². The van der Waals surface area contributed by atoms with Crippen molar-refractivity contribution < 1.29 is 19.1 Å². The molecular formula is C38H41N7O4. The van der Waals surface area contributed by atoms with Crippen molar-refractivity contribution in [2.75, 3.05) is 55.6 Å². The molecule has 49 heavy (non-hydrogen) atoms. The summed E-state index contributed by atoms with van der Waals surface area (Å²) in [7, 11) is 0. The van der Waals surface area contributed by atoms with E-state index in [-0.39, 0.29) is 11.9 Å². The van der Waals surface area contributed by atoms with E-state index in [9.17, 15) is 14.4 Å². The van der Waals surface area contributed by atoms with E-state index < -0.39 is 5.91 Å². The highest BCUT2D eigenvalue weighted by molar-refractivity contribution is 6.05. The molecule has 0 bridgehead atoms. The summed E-state index contributed by atoms with van der Waals surface area (Å²) in [4.78, 5) is 50.0. The lowest BCUT2D eigenvalue weighted by Gasteiger charge is -2.43. The number of amides is 4. The lowest BCUT2D eigenvalue weighted by atomic mass is 10.0. The number of aromatic nitrogens is 1. The van der Waals surface area contributed by atoms with Crippen molar-refractivity contribution in [2.45, 2.75) is 31.8 Å². The highest BCUT2D eigenvalue weighted by Crippen LogP contribution is 2.30. The molecule has 3 aliphatic rings. The van der Waals surface area contributed by atoms with Gasteiger partial charge in [0.15, 0.2) is 0 Å². The van der Waals surface area contributed by atoms with E-state index in [2.05, 4.69) is 32.1 Å². The van der Waals surface area contributed by atoms with Crippen LogP contribution in [0, 0.1) is 0 Å². The number of rotatable bonds is 9. The highest BCUT2D eigenvalue weighted by Gasteiger charge is 2.29. The Labute approximate surface area is 286 Å². The number of nitrogens with two attached hydrogens (primary N) is 1. The minimum atomic E-state index is -0.501. The highest BCUT2D eigenvalue weighted by atomic mass is 16.5. The first-order valence-corrected chi connectivity index (χ1v) is 17.0. The number of urea groups is 1. The fourth-order valence-corrected chi connectivity index (χ4v) is 6.95. The fourth-order valence-electron chi connectivity index (χ4n) is 6.95. The van der Waals surface area contributed by atoms with Gasteiger partial charge in [0.2, 0.25) is 5.91 Å². The van der Waals surface area contributed by atoms with Gasteiger partial charge in [-0.2, -0.15) is 0 Å². The lowest BCUT2D eigenvalue weighted by Crippen LogP contribution is -2.53. The summed E-state index contributed by atoms with van der Waals surface area (Å²) < 4.78 is 5.94. The van der Waals surface area contributed by atoms with E-state index in [1.54, 1.807) is 11.0 Å². The second-order valence-electron chi connectivity index (χ2n) is 12.8. The quantitative estimate of drug-likeness (QED) is 0.261. The van der Waals surface area contributed by atoms with Gasteiger partial charge in [-0.05, 0) is 79.1 Å². The predicted molar refractivity (Wildman–Crippen MR) is 189 cm³/mol. The number of piperazine rings is 1. The normalized spacial score (nSPS) is 18.0. The average Bonchev–Trinajstić information content (AvgIpc) is 3.13. The minimum absolute atomic E-state index is 0.224. The number of anilines is 2. The summed E-state index contributed by atoms with van der Waals surface area (Å²) in [5.41, 5.74) is 9.57. The molecule has 0 spiro atoms. The molecular weight excluding hydrogens is 618 g/mol. The van der Waals surface area contributed by atoms with Gasteiger partial charge in [0, 0.05) is 76.1 Å². The standard InChI is InChI=1S/C38H41N7O4/c39-37(47)33-14-15-34(40-36(33)28-8-12-32(13-9-28)49-31-4-2-1-3-5-31)44-19-16-29(17-20-44)43-24-22-42(23-25-43)26-27-6-10-30(11-7-27)45-21-18-35(46)41-38(45)48/h1-15,29H,16-26H2,(H2,39,47)(H,41,46,48). The van der Waals surface area contributed by atoms with Crippen LogP contribution in [0.15, 0.2) is 91.0 Å². The molecule has 0 radical (unpaired) electrons. The van der Waals surface area contributed by atoms with Crippen molar-refractivity contribution in [3.63, 3.8) is 0 Å². The van der Waals surface area contributed by atoms with Gasteiger partial charge in [0.1, 0.15) is 17.3 Å². The Morgan fingerprint density at radius 3 is 2.16 bits per heavy atom. The van der Waals surface area contributed by atoms with Crippen molar-refractivity contribution in [3.05, 3.63) is 102 Å². The van der Waals surface area contributed by atoms with E-state index >= 15 is 0 Å². The van der Waals surface area contributed by atoms with Gasteiger partial charge < -0.3 is 15.4 Å². The maximum atomic E-state index is 12.3. The second-order valence-corrected chi connectivity index (χ2v) is 12.8. The summed E-state index contributed by atoms with van der Waals surface area (Å²) in [6, 6.07) is 29.1. The van der Waals surface area contributed by atoms with Crippen molar-refractivity contribution in [3.8, 4) is 22.8 Å². The van der Waals surface area contributed by atoms with E-state index in [0.29, 0.717) is 36.0 Å². The molecule has 4 aromatic rings. The number of para-hydroxylation sites is 1. The van der Waals surface area contributed by atoms with Gasteiger partial charge in [0.25, 0.3) is 5.91 Å². The molecule has 3 aromatic carbocycles. The van der Waals surface area contributed by atoms with Gasteiger partial charge in [0.05, 0.1) is 11.3 Å². The third-order valence-electron chi connectivity index (χ3n) is 9.67. The number of imide groups is 1. The summed E-state index contributed by atoms with van der Waals surface area (Å²) >= 11 is 0. The van der Waals surface area contributed by atoms with Crippen LogP contribution in [0.3, 0.4) is 0 Å². The number of hydrogen-bond donors (Lipinski definition) is 2. The maximum absolute atomic E-state index is 12.3. The van der Waals surface area contributed by atoms with Crippen molar-refractivity contribution >= 4 is 29.4 Å². The van der Waals surface area contributed by atoms with Crippen LogP contribution in [0.1, 0.15) is 35.2 Å². The fraction of sp³-hybridized carbons (Fsp3) is 0.316. The number of nitrogens with zero attached hydrogens (tertiary/aromatic N) is 5. The molecule has 3 saturated heterocycles.